The molecule has 0 N–H and O–H groups in total. The molecule has 2 saturated heterocycles. The summed E-state index contributed by atoms with van der Waals surface area (Å²) in [7, 11) is 0. The molecule has 20 heavy (non-hydrogen) atoms. The summed E-state index contributed by atoms with van der Waals surface area (Å²) >= 11 is 0. The van der Waals surface area contributed by atoms with Gasteiger partial charge in [0.15, 0.2) is 24.0 Å². The third-order valence-electron chi connectivity index (χ3n) is 3.33. The molecule has 3 rings (SSSR count). The Labute approximate surface area is 117 Å². The number of hydrogen-bond acceptors (Lipinski definition) is 5. The molecule has 0 radical (unpaired) electrons. The van der Waals surface area contributed by atoms with Crippen molar-refractivity contribution in [3.63, 3.8) is 0 Å². The Balaban J connectivity index is 1.50. The zero-order chi connectivity index (χ0) is 14.2. The maximum absolute atomic E-state index is 12.1. The van der Waals surface area contributed by atoms with Crippen LogP contribution in [0.4, 0.5) is 0 Å². The summed E-state index contributed by atoms with van der Waals surface area (Å²) in [6.45, 7) is 4.20. The second-order valence-electron chi connectivity index (χ2n) is 5.45. The van der Waals surface area contributed by atoms with Gasteiger partial charge in [-0.25, -0.2) is 0 Å². The minimum absolute atomic E-state index is 0.103. The van der Waals surface area contributed by atoms with Gasteiger partial charge in [0.2, 0.25) is 0 Å². The lowest BCUT2D eigenvalue weighted by atomic mass is 10.2. The lowest BCUT2D eigenvalue weighted by Gasteiger charge is -2.19. The predicted octanol–water partition coefficient (Wildman–Crippen LogP) is 1.65. The van der Waals surface area contributed by atoms with Gasteiger partial charge in [0.05, 0.1) is 13.2 Å². The van der Waals surface area contributed by atoms with Crippen molar-refractivity contribution in [2.45, 2.75) is 44.7 Å². The number of fused-ring (bicyclic) bond motifs is 1. The van der Waals surface area contributed by atoms with Crippen LogP contribution in [0.1, 0.15) is 19.4 Å². The maximum Gasteiger partial charge on any atom is 0.198 e. The first-order valence-corrected chi connectivity index (χ1v) is 6.72. The van der Waals surface area contributed by atoms with Gasteiger partial charge in [-0.3, -0.25) is 4.79 Å². The topological polar surface area (TPSA) is 54.0 Å². The summed E-state index contributed by atoms with van der Waals surface area (Å²) in [6.07, 6.45) is -1.84. The van der Waals surface area contributed by atoms with Gasteiger partial charge in [0, 0.05) is 0 Å². The quantitative estimate of drug-likeness (QED) is 0.838. The molecule has 2 heterocycles. The van der Waals surface area contributed by atoms with Crippen LogP contribution >= 0.6 is 0 Å². The molecule has 2 aliphatic heterocycles. The second kappa shape index (κ2) is 5.26. The molecular formula is C15H18O5. The van der Waals surface area contributed by atoms with Crippen LogP contribution in [0, 0.1) is 0 Å². The van der Waals surface area contributed by atoms with Crippen LogP contribution in [0.3, 0.4) is 0 Å². The summed E-state index contributed by atoms with van der Waals surface area (Å²) in [4.78, 5) is 12.1. The number of rotatable bonds is 4. The highest BCUT2D eigenvalue weighted by atomic mass is 16.8. The third-order valence-corrected chi connectivity index (χ3v) is 3.33. The molecule has 0 aromatic heterocycles. The first-order valence-electron chi connectivity index (χ1n) is 6.72. The molecule has 0 aliphatic carbocycles. The number of carbonyl (C=O) groups is 1. The Morgan fingerprint density at radius 1 is 1.20 bits per heavy atom. The fourth-order valence-electron chi connectivity index (χ4n) is 2.41. The van der Waals surface area contributed by atoms with Crippen molar-refractivity contribution in [3.8, 4) is 0 Å². The van der Waals surface area contributed by atoms with E-state index in [9.17, 15) is 4.79 Å². The van der Waals surface area contributed by atoms with Gasteiger partial charge in [0.1, 0.15) is 6.10 Å². The van der Waals surface area contributed by atoms with Crippen molar-refractivity contribution in [3.05, 3.63) is 35.9 Å². The Morgan fingerprint density at radius 2 is 1.95 bits per heavy atom. The number of benzene rings is 1. The van der Waals surface area contributed by atoms with Crippen molar-refractivity contribution >= 4 is 5.78 Å². The molecule has 2 aliphatic rings. The summed E-state index contributed by atoms with van der Waals surface area (Å²) in [5, 5.41) is 0. The second-order valence-corrected chi connectivity index (χ2v) is 5.45. The van der Waals surface area contributed by atoms with E-state index < -0.39 is 24.3 Å². The summed E-state index contributed by atoms with van der Waals surface area (Å²) in [5.74, 6) is -0.866. The smallest absolute Gasteiger partial charge is 0.198 e. The Hall–Kier alpha value is -1.27. The molecule has 0 amide bonds. The van der Waals surface area contributed by atoms with Crippen molar-refractivity contribution in [2.24, 2.45) is 0 Å². The zero-order valence-electron chi connectivity index (χ0n) is 11.6. The Bertz CT molecular complexity index is 484. The van der Waals surface area contributed by atoms with E-state index in [0.717, 1.165) is 5.56 Å². The van der Waals surface area contributed by atoms with E-state index in [-0.39, 0.29) is 12.4 Å². The molecule has 5 heteroatoms. The molecule has 0 spiro atoms. The number of ether oxygens (including phenoxy) is 4. The van der Waals surface area contributed by atoms with E-state index >= 15 is 0 Å². The van der Waals surface area contributed by atoms with Crippen molar-refractivity contribution < 1.29 is 23.7 Å². The largest absolute Gasteiger partial charge is 0.374 e. The fourth-order valence-corrected chi connectivity index (χ4v) is 2.41. The first kappa shape index (κ1) is 13.7. The number of Topliss-reactive ketones (excluding diaryl/α,β-unsaturated/α-hetero) is 1. The van der Waals surface area contributed by atoms with Crippen LogP contribution in [0.25, 0.3) is 0 Å². The summed E-state index contributed by atoms with van der Waals surface area (Å²) < 4.78 is 22.1. The predicted molar refractivity (Wildman–Crippen MR) is 69.8 cm³/mol. The van der Waals surface area contributed by atoms with E-state index in [2.05, 4.69) is 0 Å². The molecule has 1 aromatic carbocycles. The molecule has 0 unspecified atom stereocenters. The average Bonchev–Trinajstić information content (AvgIpc) is 2.86. The monoisotopic (exact) mass is 278 g/mol. The highest BCUT2D eigenvalue weighted by molar-refractivity contribution is 5.90. The van der Waals surface area contributed by atoms with Gasteiger partial charge in [-0.05, 0) is 19.4 Å². The van der Waals surface area contributed by atoms with Crippen LogP contribution in [-0.2, 0) is 30.3 Å². The first-order chi connectivity index (χ1) is 9.55. The SMILES string of the molecule is CC1(C)O[C@H]2O[C@H](COCc3ccccc3)C(=O)[C@@H]2O1. The summed E-state index contributed by atoms with van der Waals surface area (Å²) in [6, 6.07) is 9.79. The Morgan fingerprint density at radius 3 is 2.65 bits per heavy atom. The number of ketones is 1. The van der Waals surface area contributed by atoms with Crippen LogP contribution in [-0.4, -0.2) is 36.7 Å². The van der Waals surface area contributed by atoms with E-state index in [1.54, 1.807) is 13.8 Å². The van der Waals surface area contributed by atoms with E-state index in [4.69, 9.17) is 18.9 Å². The van der Waals surface area contributed by atoms with Gasteiger partial charge in [-0.2, -0.15) is 0 Å². The minimum Gasteiger partial charge on any atom is -0.374 e. The van der Waals surface area contributed by atoms with Gasteiger partial charge >= 0.3 is 0 Å². The lowest BCUT2D eigenvalue weighted by molar-refractivity contribution is -0.209. The molecule has 108 valence electrons. The molecule has 0 bridgehead atoms. The number of hydrogen-bond donors (Lipinski definition) is 0. The number of carbonyl (C=O) groups excluding carboxylic acids is 1. The van der Waals surface area contributed by atoms with E-state index in [1.165, 1.54) is 0 Å². The van der Waals surface area contributed by atoms with Gasteiger partial charge in [-0.1, -0.05) is 30.3 Å². The van der Waals surface area contributed by atoms with Gasteiger partial charge in [-0.15, -0.1) is 0 Å². The highest BCUT2D eigenvalue weighted by Gasteiger charge is 2.54. The van der Waals surface area contributed by atoms with Crippen molar-refractivity contribution in [2.75, 3.05) is 6.61 Å². The van der Waals surface area contributed by atoms with E-state index in [0.29, 0.717) is 6.61 Å². The fraction of sp³-hybridized carbons (Fsp3) is 0.533. The maximum atomic E-state index is 12.1. The average molecular weight is 278 g/mol. The molecule has 2 fully saturated rings. The normalized spacial score (nSPS) is 31.5. The molecule has 3 atom stereocenters. The lowest BCUT2D eigenvalue weighted by Crippen LogP contribution is -2.32. The van der Waals surface area contributed by atoms with Crippen LogP contribution < -0.4 is 0 Å². The van der Waals surface area contributed by atoms with Crippen molar-refractivity contribution in [1.82, 2.24) is 0 Å². The van der Waals surface area contributed by atoms with Crippen LogP contribution in [0.2, 0.25) is 0 Å². The van der Waals surface area contributed by atoms with Crippen molar-refractivity contribution in [1.29, 1.82) is 0 Å². The van der Waals surface area contributed by atoms with Gasteiger partial charge in [0.25, 0.3) is 0 Å². The highest BCUT2D eigenvalue weighted by Crippen LogP contribution is 2.35. The summed E-state index contributed by atoms with van der Waals surface area (Å²) in [5.41, 5.74) is 1.06. The van der Waals surface area contributed by atoms with E-state index in [1.807, 2.05) is 30.3 Å². The van der Waals surface area contributed by atoms with Crippen LogP contribution in [0.5, 0.6) is 0 Å². The Kier molecular flexibility index (Phi) is 3.60. The minimum atomic E-state index is -0.763. The standard InChI is InChI=1S/C15H18O5/c1-15(2)19-13-12(16)11(18-14(13)20-15)9-17-8-10-6-4-3-5-7-10/h3-7,11,13-14H,8-9H2,1-2H3/t11-,13+,14-/m1/s1. The molecule has 5 nitrogen and oxygen atoms in total. The molecule has 0 saturated carbocycles. The van der Waals surface area contributed by atoms with Gasteiger partial charge < -0.3 is 18.9 Å². The third kappa shape index (κ3) is 2.76. The van der Waals surface area contributed by atoms with Crippen LogP contribution in [0.15, 0.2) is 30.3 Å². The zero-order valence-corrected chi connectivity index (χ0v) is 11.6. The molecule has 1 aromatic rings. The molecular weight excluding hydrogens is 260 g/mol.